The number of allylic oxidation sites excluding steroid dienone is 5. The first-order valence-electron chi connectivity index (χ1n) is 39.8. The van der Waals surface area contributed by atoms with Gasteiger partial charge in [0.1, 0.15) is 20.6 Å². The minimum Gasteiger partial charge on any atom is -0.378 e. The molecule has 0 N–H and O–H groups in total. The molecule has 4 aromatic heterocycles. The summed E-state index contributed by atoms with van der Waals surface area (Å²) in [6.07, 6.45) is 24.5. The summed E-state index contributed by atoms with van der Waals surface area (Å²) in [6.45, 7) is 40.8. The molecule has 0 amide bonds. The molecule has 0 saturated carbocycles. The summed E-state index contributed by atoms with van der Waals surface area (Å²) in [5, 5.41) is 15.3. The standard InChI is InChI=1S/C14H18N.C10H12.3C9H13N.C8H11N.C7H13N4.C7H10N.C6H11N4.C6H8N.C5H10.C3H9N.2C2H6.5Y/c1-5-8-13-14(2,3)11-9-6-7-10-12(11)15(13)4;1-9(2)8-10-6-4-3-5-7-10;3*1-3-10(2)9-7-5-4-6-8-9;1-9(2)8-6-4-3-5-7-8;1-4-11-6-5-10(3)7(11)9-8-2;1-2-8-6-4-3-5-7-8;1-7-8-6-9(2)4-5-10(6)3;1-7-5-3-2-4-6-7;1-4-5(2)3;1-4(2)3;2*1-2;;;;;/h5-10H,1-4H3;3-8H,1-2H3;3*4-8H,3H2,1-2H3;3-7H,1-2H3;5-6H,4H2,1-3H3;3-7H,2H2,1H3;4-5H,1-3H3;2-6H,1H3;4H,1-3H3;1-3H3;2*1-2H3;;;;;/q+1;;;;;;4*+1;;;;;;;;;/b8-5+;;;;;;;;;;;;;;;;;;. The molecule has 1 aliphatic rings. The van der Waals surface area contributed by atoms with Gasteiger partial charge in [-0.3, -0.25) is 0 Å². The van der Waals surface area contributed by atoms with E-state index in [9.17, 15) is 0 Å². The van der Waals surface area contributed by atoms with Crippen LogP contribution in [0, 0.1) is 0 Å². The average Bonchev–Trinajstić information content (AvgIpc) is 1.60. The summed E-state index contributed by atoms with van der Waals surface area (Å²) < 4.78 is 14.2. The van der Waals surface area contributed by atoms with E-state index in [1.165, 1.54) is 56.4 Å². The molecule has 0 unspecified atom stereocenters. The van der Waals surface area contributed by atoms with Crippen molar-refractivity contribution in [3.63, 3.8) is 0 Å². The summed E-state index contributed by atoms with van der Waals surface area (Å²) in [6, 6.07) is 72.4. The molecule has 16 nitrogen and oxygen atoms in total. The molecule has 5 heterocycles. The number of aromatic nitrogens is 6. The summed E-state index contributed by atoms with van der Waals surface area (Å²) in [4.78, 5) is 10.7. The molecular weight excluding hydrogens is 1830 g/mol. The van der Waals surface area contributed by atoms with Gasteiger partial charge in [-0.15, -0.1) is 10.2 Å². The van der Waals surface area contributed by atoms with Gasteiger partial charge in [-0.05, 0) is 165 Å². The summed E-state index contributed by atoms with van der Waals surface area (Å²) in [5.74, 6) is 1.73. The Labute approximate surface area is 846 Å². The van der Waals surface area contributed by atoms with Crippen LogP contribution in [0.1, 0.15) is 129 Å². The van der Waals surface area contributed by atoms with Gasteiger partial charge in [0.05, 0.1) is 72.0 Å². The van der Waals surface area contributed by atoms with Crippen LogP contribution >= 0.6 is 0 Å². The first kappa shape index (κ1) is 128. The van der Waals surface area contributed by atoms with Crippen molar-refractivity contribution in [2.45, 2.75) is 136 Å². The third-order valence-corrected chi connectivity index (χ3v) is 16.3. The molecule has 0 fully saturated rings. The quantitative estimate of drug-likeness (QED) is 0.0651. The van der Waals surface area contributed by atoms with Crippen molar-refractivity contribution in [2.75, 3.05) is 117 Å². The molecule has 0 saturated heterocycles. The largest absolute Gasteiger partial charge is 0.420 e. The maximum absolute atomic E-state index is 3.99. The monoisotopic (exact) mass is 1990 g/mol. The van der Waals surface area contributed by atoms with Crippen LogP contribution in [0.3, 0.4) is 0 Å². The second-order valence-electron chi connectivity index (χ2n) is 26.9. The smallest absolute Gasteiger partial charge is 0.378 e. The minimum absolute atomic E-state index is 0. The van der Waals surface area contributed by atoms with Crippen LogP contribution in [0.25, 0.3) is 6.08 Å². The second-order valence-corrected chi connectivity index (χ2v) is 26.9. The van der Waals surface area contributed by atoms with Gasteiger partial charge in [0, 0.05) is 293 Å². The number of hydrogen-bond acceptors (Lipinski definition) is 9. The average molecular weight is 1990 g/mol. The molecule has 0 bridgehead atoms. The van der Waals surface area contributed by atoms with Crippen molar-refractivity contribution < 1.29 is 186 Å². The maximum Gasteiger partial charge on any atom is 0.420 e. The molecule has 118 heavy (non-hydrogen) atoms. The Balaban J connectivity index is -0.000000187. The number of benzene rings is 6. The van der Waals surface area contributed by atoms with E-state index in [1.807, 2.05) is 242 Å². The summed E-state index contributed by atoms with van der Waals surface area (Å²) >= 11 is 0. The zero-order chi connectivity index (χ0) is 86.0. The number of imidazole rings is 2. The Bertz CT molecular complexity index is 3940. The van der Waals surface area contributed by atoms with Crippen LogP contribution in [0.5, 0.6) is 0 Å². The van der Waals surface area contributed by atoms with Crippen LogP contribution in [0.4, 0.5) is 40.3 Å². The fourth-order valence-electron chi connectivity index (χ4n) is 9.59. The third-order valence-electron chi connectivity index (χ3n) is 16.3. The van der Waals surface area contributed by atoms with Gasteiger partial charge in [-0.2, -0.15) is 4.58 Å². The normalized spacial score (nSPS) is 10.0. The number of anilines is 4. The van der Waals surface area contributed by atoms with E-state index in [0.29, 0.717) is 0 Å². The van der Waals surface area contributed by atoms with Gasteiger partial charge in [-0.1, -0.05) is 191 Å². The first-order chi connectivity index (χ1) is 54.1. The fraction of sp³-hybridized carbons (Fsp3) is 0.392. The molecule has 631 valence electrons. The molecule has 0 atom stereocenters. The Morgan fingerprint density at radius 3 is 1.04 bits per heavy atom. The molecule has 0 spiro atoms. The summed E-state index contributed by atoms with van der Waals surface area (Å²) in [7, 11) is 29.7. The van der Waals surface area contributed by atoms with Crippen LogP contribution in [0.2, 0.25) is 0 Å². The van der Waals surface area contributed by atoms with Crippen molar-refractivity contribution in [3.05, 3.63) is 302 Å². The number of para-hydroxylation sites is 5. The van der Waals surface area contributed by atoms with Crippen LogP contribution in [0.15, 0.2) is 312 Å². The van der Waals surface area contributed by atoms with Gasteiger partial charge >= 0.3 is 11.9 Å². The maximum atomic E-state index is 3.99. The molecular formula is C97H153N16Y5+5. The number of azo groups is 2. The molecule has 10 aromatic rings. The number of nitrogens with zero attached hydrogens (tertiary/aromatic N) is 16. The molecule has 21 heteroatoms. The van der Waals surface area contributed by atoms with E-state index in [2.05, 4.69) is 331 Å². The topological polar surface area (TPSA) is 94.0 Å². The van der Waals surface area contributed by atoms with Gasteiger partial charge in [0.25, 0.3) is 0 Å². The van der Waals surface area contributed by atoms with E-state index in [1.54, 1.807) is 14.1 Å². The Kier molecular flexibility index (Phi) is 90.0. The SMILES string of the molecule is C/C=C/C1=[N+](C)c2ccccc2C1(C)C.CC.CC.CC(C)=Cc1ccccc1.CC=C(C)C.CCN(C)c1ccccc1.CCN(C)c1ccccc1.CCN(C)c1ccccc1.CC[n+]1ccccc1.CCn1cc[n+](C)c1N=NC.CN(C)C.CN(C)c1ccccc1.CN=Nc1n(C)cc[n+]1C.C[n+]1ccccc1.[Y].[Y].[Y].[Y].[Y]. The van der Waals surface area contributed by atoms with E-state index in [-0.39, 0.29) is 169 Å². The minimum atomic E-state index is 0. The summed E-state index contributed by atoms with van der Waals surface area (Å²) in [5.41, 5.74) is 13.3. The van der Waals surface area contributed by atoms with E-state index in [0.717, 1.165) is 44.6 Å². The molecule has 1 aliphatic heterocycles. The van der Waals surface area contributed by atoms with Crippen molar-refractivity contribution >= 4 is 52.1 Å². The Hall–Kier alpha value is -5.19. The zero-order valence-corrected chi connectivity index (χ0v) is 93.4. The predicted molar refractivity (Wildman–Crippen MR) is 494 cm³/mol. The number of aryl methyl sites for hydroxylation is 6. The Morgan fingerprint density at radius 2 is 0.763 bits per heavy atom. The van der Waals surface area contributed by atoms with Gasteiger partial charge in [-0.25, -0.2) is 27.4 Å². The number of hydrogen-bond donors (Lipinski definition) is 0. The van der Waals surface area contributed by atoms with Crippen molar-refractivity contribution in [1.29, 1.82) is 0 Å². The van der Waals surface area contributed by atoms with Gasteiger partial charge in [0.2, 0.25) is 5.69 Å². The van der Waals surface area contributed by atoms with Crippen molar-refractivity contribution in [3.8, 4) is 0 Å². The number of fused-ring (bicyclic) bond motifs is 1. The van der Waals surface area contributed by atoms with E-state index < -0.39 is 0 Å². The second kappa shape index (κ2) is 82.7. The number of pyridine rings is 2. The Morgan fingerprint density at radius 1 is 0.432 bits per heavy atom. The molecule has 6 aromatic carbocycles. The molecule has 5 radical (unpaired) electrons. The van der Waals surface area contributed by atoms with Crippen molar-refractivity contribution in [2.24, 2.45) is 48.6 Å². The van der Waals surface area contributed by atoms with E-state index in [4.69, 9.17) is 0 Å². The first-order valence-corrected chi connectivity index (χ1v) is 39.8. The zero-order valence-electron chi connectivity index (χ0n) is 79.2. The van der Waals surface area contributed by atoms with Crippen molar-refractivity contribution in [1.82, 2.24) is 14.0 Å². The molecule has 11 rings (SSSR count). The van der Waals surface area contributed by atoms with E-state index >= 15 is 0 Å². The number of rotatable bonds is 13. The van der Waals surface area contributed by atoms with Gasteiger partial charge in [0.15, 0.2) is 30.5 Å². The molecule has 0 aliphatic carbocycles. The van der Waals surface area contributed by atoms with Gasteiger partial charge < -0.3 is 24.5 Å². The van der Waals surface area contributed by atoms with Crippen LogP contribution in [-0.2, 0) is 210 Å². The third kappa shape index (κ3) is 60.3. The van der Waals surface area contributed by atoms with Crippen LogP contribution in [-0.4, -0.2) is 121 Å². The predicted octanol–water partition coefficient (Wildman–Crippen LogP) is 21.9. The van der Waals surface area contributed by atoms with Crippen LogP contribution < -0.4 is 37.9 Å². The fourth-order valence-corrected chi connectivity index (χ4v) is 9.59.